The van der Waals surface area contributed by atoms with Crippen LogP contribution in [0.4, 0.5) is 0 Å². The first-order valence-corrected chi connectivity index (χ1v) is 9.08. The van der Waals surface area contributed by atoms with Gasteiger partial charge in [-0.1, -0.05) is 17.7 Å². The van der Waals surface area contributed by atoms with Gasteiger partial charge in [-0.3, -0.25) is 14.4 Å². The summed E-state index contributed by atoms with van der Waals surface area (Å²) in [5, 5.41) is 2.72. The van der Waals surface area contributed by atoms with Gasteiger partial charge >= 0.3 is 0 Å². The van der Waals surface area contributed by atoms with E-state index in [9.17, 15) is 14.4 Å². The van der Waals surface area contributed by atoms with Gasteiger partial charge in [0.2, 0.25) is 11.8 Å². The standard InChI is InChI=1S/C19H25N3O4/c1-14-3-5-15(6-4-14)26-13-18(24)21-9-2-10-22(12-11-21)19(25)16-7-8-17(23)20-16/h3-6,16H,2,7-13H2,1H3,(H,20,23). The van der Waals surface area contributed by atoms with Crippen molar-refractivity contribution in [2.75, 3.05) is 32.8 Å². The Hall–Kier alpha value is -2.57. The van der Waals surface area contributed by atoms with Gasteiger partial charge in [0, 0.05) is 32.6 Å². The topological polar surface area (TPSA) is 79.0 Å². The van der Waals surface area contributed by atoms with Crippen molar-refractivity contribution in [2.45, 2.75) is 32.2 Å². The molecule has 2 saturated heterocycles. The summed E-state index contributed by atoms with van der Waals surface area (Å²) < 4.78 is 5.56. The van der Waals surface area contributed by atoms with Crippen molar-refractivity contribution >= 4 is 17.7 Å². The third-order valence-electron chi connectivity index (χ3n) is 4.84. The van der Waals surface area contributed by atoms with Crippen molar-refractivity contribution in [3.8, 4) is 5.75 Å². The fraction of sp³-hybridized carbons (Fsp3) is 0.526. The molecule has 1 aromatic carbocycles. The Morgan fingerprint density at radius 1 is 1.12 bits per heavy atom. The minimum atomic E-state index is -0.408. The van der Waals surface area contributed by atoms with Crippen molar-refractivity contribution in [2.24, 2.45) is 0 Å². The predicted octanol–water partition coefficient (Wildman–Crippen LogP) is 0.713. The van der Waals surface area contributed by atoms with E-state index in [2.05, 4.69) is 5.32 Å². The minimum Gasteiger partial charge on any atom is -0.484 e. The largest absolute Gasteiger partial charge is 0.484 e. The van der Waals surface area contributed by atoms with Gasteiger partial charge in [-0.25, -0.2) is 0 Å². The summed E-state index contributed by atoms with van der Waals surface area (Å²) in [6.07, 6.45) is 1.69. The highest BCUT2D eigenvalue weighted by Crippen LogP contribution is 2.14. The second kappa shape index (κ2) is 8.21. The number of amides is 3. The SMILES string of the molecule is Cc1ccc(OCC(=O)N2CCCN(C(=O)C3CCC(=O)N3)CC2)cc1. The third kappa shape index (κ3) is 4.53. The minimum absolute atomic E-state index is 0.00428. The summed E-state index contributed by atoms with van der Waals surface area (Å²) in [5.41, 5.74) is 1.14. The molecule has 1 unspecified atom stereocenters. The molecule has 2 heterocycles. The number of hydrogen-bond donors (Lipinski definition) is 1. The molecule has 7 heteroatoms. The first-order chi connectivity index (χ1) is 12.5. The highest BCUT2D eigenvalue weighted by atomic mass is 16.5. The van der Waals surface area contributed by atoms with Gasteiger partial charge in [-0.05, 0) is 31.9 Å². The van der Waals surface area contributed by atoms with Crippen LogP contribution in [0.25, 0.3) is 0 Å². The summed E-state index contributed by atoms with van der Waals surface area (Å²) >= 11 is 0. The van der Waals surface area contributed by atoms with Crippen LogP contribution in [0.3, 0.4) is 0 Å². The van der Waals surface area contributed by atoms with Crippen LogP contribution < -0.4 is 10.1 Å². The lowest BCUT2D eigenvalue weighted by Crippen LogP contribution is -2.46. The summed E-state index contributed by atoms with van der Waals surface area (Å²) in [6, 6.07) is 7.17. The molecule has 0 aromatic heterocycles. The van der Waals surface area contributed by atoms with E-state index in [1.54, 1.807) is 9.80 Å². The van der Waals surface area contributed by atoms with Gasteiger partial charge in [-0.15, -0.1) is 0 Å². The molecular weight excluding hydrogens is 334 g/mol. The van der Waals surface area contributed by atoms with Crippen molar-refractivity contribution in [1.29, 1.82) is 0 Å². The Kier molecular flexibility index (Phi) is 5.75. The molecule has 0 radical (unpaired) electrons. The molecule has 0 bridgehead atoms. The second-order valence-electron chi connectivity index (χ2n) is 6.82. The van der Waals surface area contributed by atoms with E-state index in [-0.39, 0.29) is 24.3 Å². The summed E-state index contributed by atoms with van der Waals surface area (Å²) in [5.74, 6) is 0.492. The van der Waals surface area contributed by atoms with Crippen LogP contribution in [0.15, 0.2) is 24.3 Å². The maximum atomic E-state index is 12.5. The van der Waals surface area contributed by atoms with E-state index in [4.69, 9.17) is 4.74 Å². The third-order valence-corrected chi connectivity index (χ3v) is 4.84. The first-order valence-electron chi connectivity index (χ1n) is 9.08. The zero-order valence-corrected chi connectivity index (χ0v) is 15.1. The van der Waals surface area contributed by atoms with E-state index in [1.807, 2.05) is 31.2 Å². The molecule has 1 aromatic rings. The van der Waals surface area contributed by atoms with Crippen LogP contribution in [0.1, 0.15) is 24.8 Å². The predicted molar refractivity (Wildman–Crippen MR) is 95.6 cm³/mol. The van der Waals surface area contributed by atoms with Gasteiger partial charge in [0.25, 0.3) is 5.91 Å². The quantitative estimate of drug-likeness (QED) is 0.859. The van der Waals surface area contributed by atoms with Crippen molar-refractivity contribution < 1.29 is 19.1 Å². The van der Waals surface area contributed by atoms with Gasteiger partial charge in [0.05, 0.1) is 0 Å². The van der Waals surface area contributed by atoms with E-state index < -0.39 is 6.04 Å². The van der Waals surface area contributed by atoms with Crippen LogP contribution in [-0.2, 0) is 14.4 Å². The van der Waals surface area contributed by atoms with Crippen molar-refractivity contribution in [3.05, 3.63) is 29.8 Å². The number of rotatable bonds is 4. The molecule has 2 aliphatic heterocycles. The number of aryl methyl sites for hydroxylation is 1. The van der Waals surface area contributed by atoms with E-state index in [0.717, 1.165) is 12.0 Å². The zero-order valence-electron chi connectivity index (χ0n) is 15.1. The molecule has 1 atom stereocenters. The molecule has 2 aliphatic rings. The molecule has 140 valence electrons. The number of hydrogen-bond acceptors (Lipinski definition) is 4. The van der Waals surface area contributed by atoms with Gasteiger partial charge < -0.3 is 19.9 Å². The lowest BCUT2D eigenvalue weighted by Gasteiger charge is -2.24. The number of carbonyl (C=O) groups excluding carboxylic acids is 3. The maximum absolute atomic E-state index is 12.5. The number of nitrogens with one attached hydrogen (secondary N) is 1. The number of carbonyl (C=O) groups is 3. The first kappa shape index (κ1) is 18.2. The molecule has 7 nitrogen and oxygen atoms in total. The van der Waals surface area contributed by atoms with Gasteiger partial charge in [-0.2, -0.15) is 0 Å². The average Bonchev–Trinajstić information content (AvgIpc) is 2.92. The lowest BCUT2D eigenvalue weighted by atomic mass is 10.2. The fourth-order valence-electron chi connectivity index (χ4n) is 3.28. The molecule has 3 amide bonds. The molecule has 3 rings (SSSR count). The molecular formula is C19H25N3O4. The van der Waals surface area contributed by atoms with Crippen LogP contribution in [0.5, 0.6) is 5.75 Å². The molecule has 0 aliphatic carbocycles. The van der Waals surface area contributed by atoms with E-state index in [0.29, 0.717) is 44.8 Å². The molecule has 2 fully saturated rings. The number of nitrogens with zero attached hydrogens (tertiary/aromatic N) is 2. The lowest BCUT2D eigenvalue weighted by molar-refractivity contribution is -0.136. The van der Waals surface area contributed by atoms with E-state index in [1.165, 1.54) is 0 Å². The molecule has 1 N–H and O–H groups in total. The van der Waals surface area contributed by atoms with Crippen molar-refractivity contribution in [3.63, 3.8) is 0 Å². The van der Waals surface area contributed by atoms with Gasteiger partial charge in [0.1, 0.15) is 11.8 Å². The average molecular weight is 359 g/mol. The number of benzene rings is 1. The highest BCUT2D eigenvalue weighted by Gasteiger charge is 2.32. The van der Waals surface area contributed by atoms with Crippen LogP contribution in [-0.4, -0.2) is 66.3 Å². The Balaban J connectivity index is 1.48. The highest BCUT2D eigenvalue weighted by molar-refractivity contribution is 5.90. The van der Waals surface area contributed by atoms with Crippen LogP contribution in [0, 0.1) is 6.92 Å². The molecule has 0 saturated carbocycles. The smallest absolute Gasteiger partial charge is 0.260 e. The maximum Gasteiger partial charge on any atom is 0.260 e. The van der Waals surface area contributed by atoms with Crippen molar-refractivity contribution in [1.82, 2.24) is 15.1 Å². The second-order valence-corrected chi connectivity index (χ2v) is 6.82. The van der Waals surface area contributed by atoms with Crippen LogP contribution >= 0.6 is 0 Å². The summed E-state index contributed by atoms with van der Waals surface area (Å²) in [7, 11) is 0. The Morgan fingerprint density at radius 3 is 2.50 bits per heavy atom. The zero-order chi connectivity index (χ0) is 18.5. The summed E-state index contributed by atoms with van der Waals surface area (Å²) in [6.45, 7) is 4.18. The number of ether oxygens (including phenoxy) is 1. The molecule has 26 heavy (non-hydrogen) atoms. The van der Waals surface area contributed by atoms with Gasteiger partial charge in [0.15, 0.2) is 6.61 Å². The van der Waals surface area contributed by atoms with E-state index >= 15 is 0 Å². The van der Waals surface area contributed by atoms with Crippen LogP contribution in [0.2, 0.25) is 0 Å². The monoisotopic (exact) mass is 359 g/mol. The Morgan fingerprint density at radius 2 is 1.81 bits per heavy atom. The normalized spacial score (nSPS) is 20.5. The summed E-state index contributed by atoms with van der Waals surface area (Å²) in [4.78, 5) is 39.7. The Bertz CT molecular complexity index is 674. The fourth-order valence-corrected chi connectivity index (χ4v) is 3.28. The molecule has 0 spiro atoms. The Labute approximate surface area is 153 Å².